The van der Waals surface area contributed by atoms with Gasteiger partial charge >= 0.3 is 5.97 Å². The number of nitrogens with zero attached hydrogens (tertiary/aromatic N) is 3. The maximum atomic E-state index is 13.5. The lowest BCUT2D eigenvalue weighted by molar-refractivity contribution is -0.143. The molecule has 0 aliphatic carbocycles. The van der Waals surface area contributed by atoms with E-state index in [9.17, 15) is 22.8 Å². The van der Waals surface area contributed by atoms with Gasteiger partial charge in [-0.25, -0.2) is 13.4 Å². The maximum absolute atomic E-state index is 13.5. The molecule has 1 N–H and O–H groups in total. The number of nitrogens with one attached hydrogen (secondary N) is 1. The van der Waals surface area contributed by atoms with Crippen LogP contribution >= 0.6 is 11.3 Å². The van der Waals surface area contributed by atoms with Crippen LogP contribution in [0.5, 0.6) is 0 Å². The minimum Gasteiger partial charge on any atom is -0.465 e. The first kappa shape index (κ1) is 24.3. The fraction of sp³-hybridized carbons (Fsp3) is 0.600. The number of rotatable bonds is 7. The van der Waals surface area contributed by atoms with Crippen molar-refractivity contribution >= 4 is 43.5 Å². The lowest BCUT2D eigenvalue weighted by Gasteiger charge is -2.34. The first-order valence-electron chi connectivity index (χ1n) is 10.5. The Bertz CT molecular complexity index is 1180. The molecule has 0 saturated carbocycles. The fourth-order valence-electron chi connectivity index (χ4n) is 4.06. The molecule has 0 unspecified atom stereocenters. The Kier molecular flexibility index (Phi) is 7.36. The summed E-state index contributed by atoms with van der Waals surface area (Å²) in [7, 11) is -3.91. The summed E-state index contributed by atoms with van der Waals surface area (Å²) in [6.45, 7) is 7.61. The van der Waals surface area contributed by atoms with Gasteiger partial charge in [0.25, 0.3) is 5.56 Å². The number of aromatic nitrogens is 2. The molecule has 1 aliphatic rings. The molecular formula is C20H28N4O6S2. The summed E-state index contributed by atoms with van der Waals surface area (Å²) in [5.41, 5.74) is -0.609. The quantitative estimate of drug-likeness (QED) is 0.583. The van der Waals surface area contributed by atoms with Crippen molar-refractivity contribution in [2.75, 3.05) is 26.2 Å². The molecule has 0 spiro atoms. The number of carbonyl (C=O) groups is 2. The van der Waals surface area contributed by atoms with Crippen LogP contribution in [0.2, 0.25) is 0 Å². The number of ether oxygens (including phenoxy) is 1. The Labute approximate surface area is 190 Å². The van der Waals surface area contributed by atoms with Gasteiger partial charge in [0.05, 0.1) is 18.3 Å². The topological polar surface area (TPSA) is 128 Å². The van der Waals surface area contributed by atoms with Crippen LogP contribution in [-0.2, 0) is 30.9 Å². The van der Waals surface area contributed by atoms with Crippen molar-refractivity contribution in [2.45, 2.75) is 45.6 Å². The largest absolute Gasteiger partial charge is 0.465 e. The zero-order chi connectivity index (χ0) is 23.6. The smallest absolute Gasteiger partial charge is 0.325 e. The average Bonchev–Trinajstić information content (AvgIpc) is 3.05. The number of carbonyl (C=O) groups excluding carboxylic acids is 2. The first-order valence-corrected chi connectivity index (χ1v) is 12.7. The number of thiophene rings is 1. The van der Waals surface area contributed by atoms with Gasteiger partial charge in [0.15, 0.2) is 0 Å². The van der Waals surface area contributed by atoms with Gasteiger partial charge in [-0.15, -0.1) is 11.3 Å². The van der Waals surface area contributed by atoms with Crippen LogP contribution in [0.4, 0.5) is 0 Å². The van der Waals surface area contributed by atoms with E-state index in [1.54, 1.807) is 13.8 Å². The highest BCUT2D eigenvalue weighted by Gasteiger charge is 2.35. The van der Waals surface area contributed by atoms with Crippen molar-refractivity contribution in [2.24, 2.45) is 11.8 Å². The number of aryl methyl sites for hydroxylation is 1. The van der Waals surface area contributed by atoms with Gasteiger partial charge in [-0.1, -0.05) is 13.8 Å². The number of hydrogen-bond donors (Lipinski definition) is 1. The Morgan fingerprint density at radius 1 is 1.28 bits per heavy atom. The third-order valence-corrected chi connectivity index (χ3v) is 8.43. The molecule has 2 aromatic heterocycles. The number of hydrogen-bond acceptors (Lipinski definition) is 8. The molecule has 12 heteroatoms. The van der Waals surface area contributed by atoms with Crippen LogP contribution in [-0.4, -0.2) is 60.4 Å². The van der Waals surface area contributed by atoms with Crippen LogP contribution in [0.3, 0.4) is 0 Å². The molecular weight excluding hydrogens is 456 g/mol. The molecule has 0 aromatic carbocycles. The highest BCUT2D eigenvalue weighted by molar-refractivity contribution is 7.89. The summed E-state index contributed by atoms with van der Waals surface area (Å²) in [5.74, 6) is -0.738. The minimum absolute atomic E-state index is 0.000859. The van der Waals surface area contributed by atoms with Gasteiger partial charge in [0.2, 0.25) is 15.9 Å². The molecule has 1 saturated heterocycles. The van der Waals surface area contributed by atoms with Crippen LogP contribution in [0.25, 0.3) is 10.2 Å². The van der Waals surface area contributed by atoms with Gasteiger partial charge in [-0.3, -0.25) is 19.0 Å². The predicted molar refractivity (Wildman–Crippen MR) is 120 cm³/mol. The van der Waals surface area contributed by atoms with Crippen LogP contribution in [0.1, 0.15) is 32.1 Å². The van der Waals surface area contributed by atoms with Crippen molar-refractivity contribution in [3.8, 4) is 0 Å². The number of piperidine rings is 1. The van der Waals surface area contributed by atoms with E-state index in [0.29, 0.717) is 22.8 Å². The molecule has 32 heavy (non-hydrogen) atoms. The molecule has 1 amide bonds. The lowest BCUT2D eigenvalue weighted by Crippen LogP contribution is -2.43. The zero-order valence-corrected chi connectivity index (χ0v) is 20.2. The molecule has 3 rings (SSSR count). The second kappa shape index (κ2) is 9.67. The van der Waals surface area contributed by atoms with E-state index >= 15 is 0 Å². The number of esters is 1. The summed E-state index contributed by atoms with van der Waals surface area (Å²) >= 11 is 1.14. The second-order valence-electron chi connectivity index (χ2n) is 8.19. The third kappa shape index (κ3) is 5.02. The summed E-state index contributed by atoms with van der Waals surface area (Å²) in [6.07, 6.45) is 2.16. The second-order valence-corrected chi connectivity index (χ2v) is 11.3. The zero-order valence-electron chi connectivity index (χ0n) is 18.6. The van der Waals surface area contributed by atoms with Crippen LogP contribution in [0, 0.1) is 18.8 Å². The number of sulfonamides is 1. The monoisotopic (exact) mass is 484 g/mol. The average molecular weight is 485 g/mol. The third-order valence-electron chi connectivity index (χ3n) is 5.28. The minimum atomic E-state index is -3.91. The van der Waals surface area contributed by atoms with Crippen molar-refractivity contribution in [3.63, 3.8) is 0 Å². The Morgan fingerprint density at radius 3 is 2.56 bits per heavy atom. The number of fused-ring (bicyclic) bond motifs is 1. The summed E-state index contributed by atoms with van der Waals surface area (Å²) < 4.78 is 34.3. The maximum Gasteiger partial charge on any atom is 0.325 e. The van der Waals surface area contributed by atoms with E-state index in [-0.39, 0.29) is 35.3 Å². The fourth-order valence-corrected chi connectivity index (χ4v) is 7.41. The van der Waals surface area contributed by atoms with Crippen molar-refractivity contribution < 1.29 is 22.7 Å². The molecule has 1 fully saturated rings. The van der Waals surface area contributed by atoms with Crippen molar-refractivity contribution in [1.29, 1.82) is 0 Å². The standard InChI is InChI=1S/C20H28N4O6S2/c1-5-30-16(26)7-21-15(25)10-23-11-22-19-17(20(23)27)18(14(4)31-19)32(28,29)24-8-12(2)6-13(3)9-24/h11-13H,5-10H2,1-4H3,(H,21,25)/t12-,13+. The molecule has 176 valence electrons. The van der Waals surface area contributed by atoms with Gasteiger partial charge < -0.3 is 10.1 Å². The van der Waals surface area contributed by atoms with Gasteiger partial charge in [0.1, 0.15) is 22.8 Å². The molecule has 2 aromatic rings. The van der Waals surface area contributed by atoms with E-state index < -0.39 is 34.0 Å². The van der Waals surface area contributed by atoms with E-state index in [0.717, 1.165) is 22.3 Å². The molecule has 10 nitrogen and oxygen atoms in total. The van der Waals surface area contributed by atoms with E-state index in [1.807, 2.05) is 13.8 Å². The molecule has 3 heterocycles. The summed E-state index contributed by atoms with van der Waals surface area (Å²) in [4.78, 5) is 41.8. The lowest BCUT2D eigenvalue weighted by atomic mass is 9.94. The Morgan fingerprint density at radius 2 is 1.94 bits per heavy atom. The Hall–Kier alpha value is -2.31. The van der Waals surface area contributed by atoms with Gasteiger partial charge in [0, 0.05) is 18.0 Å². The molecule has 2 atom stereocenters. The van der Waals surface area contributed by atoms with E-state index in [1.165, 1.54) is 10.6 Å². The van der Waals surface area contributed by atoms with Gasteiger partial charge in [-0.05, 0) is 32.1 Å². The van der Waals surface area contributed by atoms with Gasteiger partial charge in [-0.2, -0.15) is 4.31 Å². The summed E-state index contributed by atoms with van der Waals surface area (Å²) in [5, 5.41) is 2.38. The van der Waals surface area contributed by atoms with Crippen molar-refractivity contribution in [1.82, 2.24) is 19.2 Å². The Balaban J connectivity index is 1.94. The predicted octanol–water partition coefficient (Wildman–Crippen LogP) is 1.11. The van der Waals surface area contributed by atoms with E-state index in [2.05, 4.69) is 10.3 Å². The normalized spacial score (nSPS) is 19.8. The van der Waals surface area contributed by atoms with Crippen LogP contribution in [0.15, 0.2) is 16.0 Å². The first-order chi connectivity index (χ1) is 15.0. The van der Waals surface area contributed by atoms with Crippen LogP contribution < -0.4 is 10.9 Å². The highest BCUT2D eigenvalue weighted by atomic mass is 32.2. The SMILES string of the molecule is CCOC(=O)CNC(=O)Cn1cnc2sc(C)c(S(=O)(=O)N3C[C@H](C)C[C@H](C)C3)c2c1=O. The highest BCUT2D eigenvalue weighted by Crippen LogP contribution is 2.35. The number of amides is 1. The molecule has 0 bridgehead atoms. The van der Waals surface area contributed by atoms with E-state index in [4.69, 9.17) is 4.74 Å². The summed E-state index contributed by atoms with van der Waals surface area (Å²) in [6, 6.07) is 0. The van der Waals surface area contributed by atoms with Crippen molar-refractivity contribution in [3.05, 3.63) is 21.6 Å². The molecule has 0 radical (unpaired) electrons. The molecule has 1 aliphatic heterocycles.